The van der Waals surface area contributed by atoms with E-state index in [4.69, 9.17) is 0 Å². The van der Waals surface area contributed by atoms with Gasteiger partial charge in [-0.1, -0.05) is 27.7 Å². The molecule has 0 aromatic heterocycles. The molecule has 6 amide bonds. The summed E-state index contributed by atoms with van der Waals surface area (Å²) in [4.78, 5) is 73.6. The summed E-state index contributed by atoms with van der Waals surface area (Å²) < 4.78 is 0. The van der Waals surface area contributed by atoms with E-state index in [0.717, 1.165) is 0 Å². The maximum absolute atomic E-state index is 12.5. The van der Waals surface area contributed by atoms with Gasteiger partial charge < -0.3 is 10.6 Å². The Morgan fingerprint density at radius 1 is 0.432 bits per heavy atom. The Labute approximate surface area is 255 Å². The van der Waals surface area contributed by atoms with E-state index in [9.17, 15) is 28.8 Å². The summed E-state index contributed by atoms with van der Waals surface area (Å²) in [5.74, 6) is -2.14. The lowest BCUT2D eigenvalue weighted by molar-refractivity contribution is -0.117. The zero-order valence-electron chi connectivity index (χ0n) is 24.9. The second-order valence-corrected chi connectivity index (χ2v) is 10.8. The first-order valence-corrected chi connectivity index (χ1v) is 14.0. The van der Waals surface area contributed by atoms with Crippen LogP contribution >= 0.6 is 0 Å². The molecule has 12 heteroatoms. The SMILES string of the molecule is CC(C)CC(=O)Nc1ccc(C(=O)NNC(=O)c2ccc(C(=O)NNC(=O)c3ccc(NC(=O)CC(C)C)cc3)cc2)cc1. The molecule has 44 heavy (non-hydrogen) atoms. The molecular formula is C32H36N6O6. The highest BCUT2D eigenvalue weighted by atomic mass is 16.2. The number of nitrogens with one attached hydrogen (secondary N) is 6. The molecule has 6 N–H and O–H groups in total. The summed E-state index contributed by atoms with van der Waals surface area (Å²) in [6.45, 7) is 7.76. The van der Waals surface area contributed by atoms with Crippen LogP contribution in [0.5, 0.6) is 0 Å². The molecule has 0 saturated heterocycles. The predicted octanol–water partition coefficient (Wildman–Crippen LogP) is 3.81. The lowest BCUT2D eigenvalue weighted by atomic mass is 10.1. The first-order valence-electron chi connectivity index (χ1n) is 14.0. The van der Waals surface area contributed by atoms with Gasteiger partial charge in [0.25, 0.3) is 23.6 Å². The zero-order chi connectivity index (χ0) is 32.2. The van der Waals surface area contributed by atoms with Crippen LogP contribution in [0.1, 0.15) is 82.0 Å². The van der Waals surface area contributed by atoms with Crippen molar-refractivity contribution in [1.29, 1.82) is 0 Å². The maximum atomic E-state index is 12.5. The highest BCUT2D eigenvalue weighted by Gasteiger charge is 2.13. The van der Waals surface area contributed by atoms with Crippen LogP contribution in [0, 0.1) is 11.8 Å². The number of hydrazine groups is 2. The molecule has 0 spiro atoms. The standard InChI is InChI=1S/C32H36N6O6/c1-19(2)17-27(39)33-25-13-9-23(10-14-25)31(43)37-35-29(41)21-5-7-22(8-6-21)30(42)36-38-32(44)24-11-15-26(16-12-24)34-28(40)18-20(3)4/h5-16,19-20H,17-18H2,1-4H3,(H,33,39)(H,34,40)(H,35,41)(H,36,42)(H,37,43)(H,38,44). The number of carbonyl (C=O) groups excluding carboxylic acids is 6. The summed E-state index contributed by atoms with van der Waals surface area (Å²) in [5.41, 5.74) is 11.2. The van der Waals surface area contributed by atoms with Gasteiger partial charge in [-0.25, -0.2) is 0 Å². The van der Waals surface area contributed by atoms with E-state index in [0.29, 0.717) is 24.2 Å². The van der Waals surface area contributed by atoms with Gasteiger partial charge in [-0.2, -0.15) is 0 Å². The Morgan fingerprint density at radius 2 is 0.659 bits per heavy atom. The van der Waals surface area contributed by atoms with E-state index < -0.39 is 23.6 Å². The molecule has 0 bridgehead atoms. The van der Waals surface area contributed by atoms with Crippen molar-refractivity contribution in [2.24, 2.45) is 11.8 Å². The molecule has 12 nitrogen and oxygen atoms in total. The second-order valence-electron chi connectivity index (χ2n) is 10.8. The third-order valence-electron chi connectivity index (χ3n) is 6.04. The van der Waals surface area contributed by atoms with Crippen LogP contribution in [0.2, 0.25) is 0 Å². The Morgan fingerprint density at radius 3 is 0.886 bits per heavy atom. The van der Waals surface area contributed by atoms with Crippen LogP contribution in [0.15, 0.2) is 72.8 Å². The minimum absolute atomic E-state index is 0.121. The van der Waals surface area contributed by atoms with Crippen molar-refractivity contribution in [1.82, 2.24) is 21.7 Å². The number of benzene rings is 3. The summed E-state index contributed by atoms with van der Waals surface area (Å²) in [6.07, 6.45) is 0.766. The summed E-state index contributed by atoms with van der Waals surface area (Å²) in [7, 11) is 0. The van der Waals surface area contributed by atoms with Gasteiger partial charge in [0.05, 0.1) is 0 Å². The fourth-order valence-corrected chi connectivity index (χ4v) is 3.86. The number of hydrogen-bond acceptors (Lipinski definition) is 6. The van der Waals surface area contributed by atoms with E-state index >= 15 is 0 Å². The van der Waals surface area contributed by atoms with Crippen LogP contribution in [-0.4, -0.2) is 35.4 Å². The van der Waals surface area contributed by atoms with E-state index in [1.54, 1.807) is 24.3 Å². The molecule has 0 fully saturated rings. The molecule has 0 radical (unpaired) electrons. The average Bonchev–Trinajstić information content (AvgIpc) is 2.98. The summed E-state index contributed by atoms with van der Waals surface area (Å²) in [5, 5.41) is 5.51. The van der Waals surface area contributed by atoms with E-state index in [1.165, 1.54) is 48.5 Å². The molecule has 0 heterocycles. The lowest BCUT2D eigenvalue weighted by Gasteiger charge is -2.10. The first-order chi connectivity index (χ1) is 20.9. The smallest absolute Gasteiger partial charge is 0.269 e. The van der Waals surface area contributed by atoms with Gasteiger partial charge in [-0.15, -0.1) is 0 Å². The number of carbonyl (C=O) groups is 6. The van der Waals surface area contributed by atoms with Crippen molar-refractivity contribution in [2.45, 2.75) is 40.5 Å². The van der Waals surface area contributed by atoms with Gasteiger partial charge in [0.1, 0.15) is 0 Å². The Bertz CT molecular complexity index is 1390. The fourth-order valence-electron chi connectivity index (χ4n) is 3.86. The molecule has 3 rings (SSSR count). The predicted molar refractivity (Wildman–Crippen MR) is 165 cm³/mol. The molecule has 230 valence electrons. The molecular weight excluding hydrogens is 564 g/mol. The molecule has 3 aromatic carbocycles. The molecule has 0 aliphatic heterocycles. The Hall–Kier alpha value is -5.52. The molecule has 0 saturated carbocycles. The van der Waals surface area contributed by atoms with E-state index in [-0.39, 0.29) is 45.9 Å². The second kappa shape index (κ2) is 15.6. The number of anilines is 2. The number of amides is 6. The van der Waals surface area contributed by atoms with E-state index in [2.05, 4.69) is 32.3 Å². The minimum atomic E-state index is -0.611. The third kappa shape index (κ3) is 10.4. The first kappa shape index (κ1) is 33.0. The fraction of sp³-hybridized carbons (Fsp3) is 0.250. The highest BCUT2D eigenvalue weighted by molar-refractivity contribution is 6.02. The van der Waals surface area contributed by atoms with Gasteiger partial charge in [-0.05, 0) is 84.6 Å². The summed E-state index contributed by atoms with van der Waals surface area (Å²) in [6, 6.07) is 18.0. The Balaban J connectivity index is 1.44. The van der Waals surface area contributed by atoms with Crippen molar-refractivity contribution in [2.75, 3.05) is 10.6 Å². The molecule has 0 aliphatic carbocycles. The quantitative estimate of drug-likeness (QED) is 0.193. The largest absolute Gasteiger partial charge is 0.326 e. The van der Waals surface area contributed by atoms with Gasteiger partial charge >= 0.3 is 0 Å². The van der Waals surface area contributed by atoms with Gasteiger partial charge in [0.15, 0.2) is 0 Å². The van der Waals surface area contributed by atoms with Gasteiger partial charge in [0, 0.05) is 46.5 Å². The van der Waals surface area contributed by atoms with Crippen molar-refractivity contribution < 1.29 is 28.8 Å². The van der Waals surface area contributed by atoms with Crippen molar-refractivity contribution in [3.8, 4) is 0 Å². The van der Waals surface area contributed by atoms with Crippen LogP contribution < -0.4 is 32.3 Å². The monoisotopic (exact) mass is 600 g/mol. The van der Waals surface area contributed by atoms with Gasteiger partial charge in [0.2, 0.25) is 11.8 Å². The zero-order valence-corrected chi connectivity index (χ0v) is 24.9. The molecule has 0 unspecified atom stereocenters. The number of rotatable bonds is 10. The van der Waals surface area contributed by atoms with E-state index in [1.807, 2.05) is 27.7 Å². The lowest BCUT2D eigenvalue weighted by Crippen LogP contribution is -2.42. The minimum Gasteiger partial charge on any atom is -0.326 e. The average molecular weight is 601 g/mol. The van der Waals surface area contributed by atoms with Crippen molar-refractivity contribution >= 4 is 46.8 Å². The van der Waals surface area contributed by atoms with Crippen molar-refractivity contribution in [3.63, 3.8) is 0 Å². The van der Waals surface area contributed by atoms with Crippen LogP contribution in [0.25, 0.3) is 0 Å². The topological polar surface area (TPSA) is 175 Å². The Kier molecular flexibility index (Phi) is 11.7. The molecule has 0 aliphatic rings. The normalized spacial score (nSPS) is 10.5. The number of hydrogen-bond donors (Lipinski definition) is 6. The molecule has 3 aromatic rings. The van der Waals surface area contributed by atoms with Crippen LogP contribution in [0.3, 0.4) is 0 Å². The highest BCUT2D eigenvalue weighted by Crippen LogP contribution is 2.13. The summed E-state index contributed by atoms with van der Waals surface area (Å²) >= 11 is 0. The third-order valence-corrected chi connectivity index (χ3v) is 6.04. The molecule has 0 atom stereocenters. The maximum Gasteiger partial charge on any atom is 0.269 e. The van der Waals surface area contributed by atoms with Crippen LogP contribution in [-0.2, 0) is 9.59 Å². The van der Waals surface area contributed by atoms with Crippen molar-refractivity contribution in [3.05, 3.63) is 95.1 Å². The van der Waals surface area contributed by atoms with Crippen LogP contribution in [0.4, 0.5) is 11.4 Å². The van der Waals surface area contributed by atoms with Gasteiger partial charge in [-0.3, -0.25) is 50.5 Å².